The predicted molar refractivity (Wildman–Crippen MR) is 89.4 cm³/mol. The molecule has 1 atom stereocenters. The molecule has 0 bridgehead atoms. The lowest BCUT2D eigenvalue weighted by molar-refractivity contribution is 0.416. The molecule has 21 heavy (non-hydrogen) atoms. The first-order valence-electron chi connectivity index (χ1n) is 7.77. The van der Waals surface area contributed by atoms with Gasteiger partial charge < -0.3 is 10.1 Å². The molecule has 1 fully saturated rings. The Morgan fingerprint density at radius 2 is 2.05 bits per heavy atom. The van der Waals surface area contributed by atoms with Crippen LogP contribution in [0.3, 0.4) is 0 Å². The summed E-state index contributed by atoms with van der Waals surface area (Å²) in [6, 6.07) is 11.6. The van der Waals surface area contributed by atoms with E-state index in [-0.39, 0.29) is 6.04 Å². The number of benzene rings is 1. The molecule has 3 heteroatoms. The van der Waals surface area contributed by atoms with Crippen molar-refractivity contribution in [3.05, 3.63) is 51.7 Å². The zero-order chi connectivity index (χ0) is 14.7. The molecule has 1 aliphatic rings. The summed E-state index contributed by atoms with van der Waals surface area (Å²) in [6.07, 6.45) is 4.11. The monoisotopic (exact) mass is 301 g/mol. The van der Waals surface area contributed by atoms with Crippen LogP contribution in [-0.4, -0.2) is 13.7 Å². The fourth-order valence-corrected chi connectivity index (χ4v) is 3.84. The summed E-state index contributed by atoms with van der Waals surface area (Å²) in [5, 5.41) is 5.66. The van der Waals surface area contributed by atoms with Crippen molar-refractivity contribution < 1.29 is 4.74 Å². The maximum Gasteiger partial charge on any atom is 0.129 e. The second-order valence-corrected chi connectivity index (χ2v) is 6.62. The number of thiophene rings is 1. The van der Waals surface area contributed by atoms with Gasteiger partial charge in [-0.15, -0.1) is 11.3 Å². The van der Waals surface area contributed by atoms with Gasteiger partial charge in [0, 0.05) is 10.3 Å². The van der Waals surface area contributed by atoms with E-state index in [1.54, 1.807) is 18.4 Å². The number of hydrogen-bond donors (Lipinski definition) is 1. The second kappa shape index (κ2) is 6.63. The number of methoxy groups -OCH3 is 1. The van der Waals surface area contributed by atoms with Crippen LogP contribution in [0.5, 0.6) is 5.75 Å². The van der Waals surface area contributed by atoms with Crippen molar-refractivity contribution in [1.82, 2.24) is 5.32 Å². The third kappa shape index (κ3) is 3.14. The Kier molecular flexibility index (Phi) is 4.61. The van der Waals surface area contributed by atoms with Crippen molar-refractivity contribution in [1.29, 1.82) is 0 Å². The summed E-state index contributed by atoms with van der Waals surface area (Å²) in [7, 11) is 1.72. The fourth-order valence-electron chi connectivity index (χ4n) is 2.88. The molecule has 2 aromatic rings. The molecule has 1 N–H and O–H groups in total. The van der Waals surface area contributed by atoms with E-state index in [4.69, 9.17) is 4.74 Å². The van der Waals surface area contributed by atoms with E-state index in [9.17, 15) is 0 Å². The molecule has 1 aromatic carbocycles. The van der Waals surface area contributed by atoms with Gasteiger partial charge >= 0.3 is 0 Å². The Labute approximate surface area is 131 Å². The molecule has 0 amide bonds. The summed E-state index contributed by atoms with van der Waals surface area (Å²) < 4.78 is 5.31. The highest BCUT2D eigenvalue weighted by atomic mass is 32.1. The molecule has 0 spiro atoms. The summed E-state index contributed by atoms with van der Waals surface area (Å²) in [5.74, 6) is 1.75. The molecule has 0 aliphatic heterocycles. The first-order chi connectivity index (χ1) is 10.3. The standard InChI is InChI=1S/C18H23NOS/c1-3-19-18(17-11-16(20-2)12-21-17)15-9-7-14(8-10-15)13-5-4-6-13/h7-13,18-19H,3-6H2,1-2H3. The second-order valence-electron chi connectivity index (χ2n) is 5.67. The smallest absolute Gasteiger partial charge is 0.129 e. The maximum absolute atomic E-state index is 5.31. The van der Waals surface area contributed by atoms with Gasteiger partial charge in [-0.2, -0.15) is 0 Å². The summed E-state index contributed by atoms with van der Waals surface area (Å²) >= 11 is 1.76. The van der Waals surface area contributed by atoms with Crippen LogP contribution < -0.4 is 10.1 Å². The average molecular weight is 301 g/mol. The molecule has 112 valence electrons. The number of rotatable bonds is 6. The lowest BCUT2D eigenvalue weighted by atomic mass is 9.80. The van der Waals surface area contributed by atoms with Crippen molar-refractivity contribution >= 4 is 11.3 Å². The van der Waals surface area contributed by atoms with Crippen LogP contribution in [0.4, 0.5) is 0 Å². The third-order valence-corrected chi connectivity index (χ3v) is 5.35. The number of nitrogens with one attached hydrogen (secondary N) is 1. The highest BCUT2D eigenvalue weighted by molar-refractivity contribution is 7.10. The van der Waals surface area contributed by atoms with E-state index < -0.39 is 0 Å². The third-order valence-electron chi connectivity index (χ3n) is 4.37. The Bertz CT molecular complexity index is 571. The van der Waals surface area contributed by atoms with Gasteiger partial charge in [0.25, 0.3) is 0 Å². The van der Waals surface area contributed by atoms with Crippen LogP contribution in [-0.2, 0) is 0 Å². The van der Waals surface area contributed by atoms with Crippen molar-refractivity contribution in [2.75, 3.05) is 13.7 Å². The Morgan fingerprint density at radius 1 is 1.29 bits per heavy atom. The van der Waals surface area contributed by atoms with E-state index in [0.29, 0.717) is 0 Å². The quantitative estimate of drug-likeness (QED) is 0.833. The molecule has 0 radical (unpaired) electrons. The van der Waals surface area contributed by atoms with Gasteiger partial charge in [0.2, 0.25) is 0 Å². The number of ether oxygens (including phenoxy) is 1. The first kappa shape index (κ1) is 14.6. The first-order valence-corrected chi connectivity index (χ1v) is 8.65. The molecule has 1 unspecified atom stereocenters. The molecular weight excluding hydrogens is 278 g/mol. The normalized spacial score (nSPS) is 16.5. The SMILES string of the molecule is CCNC(c1ccc(C2CCC2)cc1)c1cc(OC)cs1. The minimum atomic E-state index is 0.263. The van der Waals surface area contributed by atoms with Crippen LogP contribution in [0.25, 0.3) is 0 Å². The Morgan fingerprint density at radius 3 is 2.57 bits per heavy atom. The highest BCUT2D eigenvalue weighted by Crippen LogP contribution is 2.37. The van der Waals surface area contributed by atoms with Crippen LogP contribution in [0.1, 0.15) is 54.1 Å². The van der Waals surface area contributed by atoms with E-state index >= 15 is 0 Å². The zero-order valence-electron chi connectivity index (χ0n) is 12.8. The van der Waals surface area contributed by atoms with Gasteiger partial charge in [-0.3, -0.25) is 0 Å². The van der Waals surface area contributed by atoms with Gasteiger partial charge in [0.1, 0.15) is 5.75 Å². The van der Waals surface area contributed by atoms with E-state index in [0.717, 1.165) is 18.2 Å². The molecule has 1 aliphatic carbocycles. The molecule has 2 nitrogen and oxygen atoms in total. The summed E-state index contributed by atoms with van der Waals surface area (Å²) in [5.41, 5.74) is 2.84. The molecular formula is C18H23NOS. The van der Waals surface area contributed by atoms with Gasteiger partial charge in [-0.25, -0.2) is 0 Å². The molecule has 1 aromatic heterocycles. The van der Waals surface area contributed by atoms with Gasteiger partial charge in [0.05, 0.1) is 13.2 Å². The van der Waals surface area contributed by atoms with Crippen LogP contribution in [0, 0.1) is 0 Å². The minimum absolute atomic E-state index is 0.263. The fraction of sp³-hybridized carbons (Fsp3) is 0.444. The van der Waals surface area contributed by atoms with Gasteiger partial charge in [-0.1, -0.05) is 37.6 Å². The van der Waals surface area contributed by atoms with Crippen LogP contribution in [0.15, 0.2) is 35.7 Å². The minimum Gasteiger partial charge on any atom is -0.496 e. The Balaban J connectivity index is 1.82. The van der Waals surface area contributed by atoms with Crippen molar-refractivity contribution in [2.45, 2.75) is 38.1 Å². The molecule has 1 saturated carbocycles. The average Bonchev–Trinajstić information content (AvgIpc) is 2.93. The maximum atomic E-state index is 5.31. The van der Waals surface area contributed by atoms with Crippen molar-refractivity contribution in [3.63, 3.8) is 0 Å². The molecule has 0 saturated heterocycles. The van der Waals surface area contributed by atoms with Crippen molar-refractivity contribution in [2.24, 2.45) is 0 Å². The van der Waals surface area contributed by atoms with Gasteiger partial charge in [-0.05, 0) is 42.5 Å². The van der Waals surface area contributed by atoms with E-state index in [1.807, 2.05) is 0 Å². The lowest BCUT2D eigenvalue weighted by Crippen LogP contribution is -2.21. The Hall–Kier alpha value is -1.32. The topological polar surface area (TPSA) is 21.3 Å². The molecule has 3 rings (SSSR count). The zero-order valence-corrected chi connectivity index (χ0v) is 13.6. The van der Waals surface area contributed by atoms with E-state index in [2.05, 4.69) is 48.0 Å². The lowest BCUT2D eigenvalue weighted by Gasteiger charge is -2.26. The summed E-state index contributed by atoms with van der Waals surface area (Å²) in [4.78, 5) is 1.31. The predicted octanol–water partition coefficient (Wildman–Crippen LogP) is 4.72. The van der Waals surface area contributed by atoms with Crippen LogP contribution >= 0.6 is 11.3 Å². The van der Waals surface area contributed by atoms with Gasteiger partial charge in [0.15, 0.2) is 0 Å². The molecule has 1 heterocycles. The largest absolute Gasteiger partial charge is 0.496 e. The van der Waals surface area contributed by atoms with Crippen LogP contribution in [0.2, 0.25) is 0 Å². The summed E-state index contributed by atoms with van der Waals surface area (Å²) in [6.45, 7) is 3.11. The number of hydrogen-bond acceptors (Lipinski definition) is 3. The van der Waals surface area contributed by atoms with Crippen molar-refractivity contribution in [3.8, 4) is 5.75 Å². The van der Waals surface area contributed by atoms with E-state index in [1.165, 1.54) is 35.3 Å². The highest BCUT2D eigenvalue weighted by Gasteiger charge is 2.20.